The third-order valence-corrected chi connectivity index (χ3v) is 6.72. The highest BCUT2D eigenvalue weighted by atomic mass is 16.5. The zero-order valence-corrected chi connectivity index (χ0v) is 19.7. The van der Waals surface area contributed by atoms with Crippen molar-refractivity contribution in [3.05, 3.63) is 59.7 Å². The molecular weight excluding hydrogens is 432 g/mol. The third-order valence-electron chi connectivity index (χ3n) is 6.72. The Morgan fingerprint density at radius 1 is 1.06 bits per heavy atom. The van der Waals surface area contributed by atoms with Crippen LogP contribution in [0.15, 0.2) is 48.5 Å². The second-order valence-corrected chi connectivity index (χ2v) is 9.61. The van der Waals surface area contributed by atoms with E-state index in [2.05, 4.69) is 29.6 Å². The molecule has 2 unspecified atom stereocenters. The van der Waals surface area contributed by atoms with Crippen LogP contribution in [0, 0.1) is 11.8 Å². The highest BCUT2D eigenvalue weighted by Gasteiger charge is 2.34. The standard InChI is InChI=1S/C27H32N2O5/c1-17(2)14-24(25(30)29-13-7-8-18(15-29)26(31)32)28-27(33)34-16-23-21-11-5-3-9-19(21)20-10-4-6-12-22(20)23/h3-6,9-12,17-18,23-24H,7-8,13-16H2,1-2H3,(H,28,33)(H,31,32). The molecule has 7 heteroatoms. The number of alkyl carbamates (subject to hydrolysis) is 1. The van der Waals surface area contributed by atoms with Crippen molar-refractivity contribution >= 4 is 18.0 Å². The number of amides is 2. The summed E-state index contributed by atoms with van der Waals surface area (Å²) in [5.74, 6) is -1.58. The largest absolute Gasteiger partial charge is 0.481 e. The maximum Gasteiger partial charge on any atom is 0.407 e. The number of carbonyl (C=O) groups excluding carboxylic acids is 2. The number of nitrogens with zero attached hydrogens (tertiary/aromatic N) is 1. The minimum Gasteiger partial charge on any atom is -0.481 e. The van der Waals surface area contributed by atoms with Crippen molar-refractivity contribution in [3.8, 4) is 11.1 Å². The van der Waals surface area contributed by atoms with E-state index in [4.69, 9.17) is 4.74 Å². The number of piperidine rings is 1. The fourth-order valence-electron chi connectivity index (χ4n) is 5.07. The summed E-state index contributed by atoms with van der Waals surface area (Å²) in [7, 11) is 0. The lowest BCUT2D eigenvalue weighted by Gasteiger charge is -2.34. The normalized spacial score (nSPS) is 18.2. The summed E-state index contributed by atoms with van der Waals surface area (Å²) in [5, 5.41) is 12.1. The Morgan fingerprint density at radius 3 is 2.26 bits per heavy atom. The number of hydrogen-bond acceptors (Lipinski definition) is 4. The van der Waals surface area contributed by atoms with Crippen LogP contribution in [0.5, 0.6) is 0 Å². The van der Waals surface area contributed by atoms with Crippen LogP contribution in [-0.2, 0) is 14.3 Å². The van der Waals surface area contributed by atoms with Gasteiger partial charge >= 0.3 is 12.1 Å². The highest BCUT2D eigenvalue weighted by Crippen LogP contribution is 2.44. The Hall–Kier alpha value is -3.35. The molecule has 2 aliphatic rings. The molecular formula is C27H32N2O5. The van der Waals surface area contributed by atoms with Gasteiger partial charge in [-0.1, -0.05) is 62.4 Å². The number of ether oxygens (including phenoxy) is 1. The van der Waals surface area contributed by atoms with Crippen molar-refractivity contribution in [1.82, 2.24) is 10.2 Å². The van der Waals surface area contributed by atoms with E-state index in [0.29, 0.717) is 25.8 Å². The van der Waals surface area contributed by atoms with Gasteiger partial charge < -0.3 is 20.1 Å². The number of benzene rings is 2. The molecule has 180 valence electrons. The Kier molecular flexibility index (Phi) is 7.20. The zero-order chi connectivity index (χ0) is 24.2. The van der Waals surface area contributed by atoms with Gasteiger partial charge in [0.2, 0.25) is 5.91 Å². The molecule has 0 radical (unpaired) electrons. The molecule has 1 fully saturated rings. The summed E-state index contributed by atoms with van der Waals surface area (Å²) in [5.41, 5.74) is 4.55. The van der Waals surface area contributed by atoms with Crippen LogP contribution >= 0.6 is 0 Å². The molecule has 0 spiro atoms. The molecule has 4 rings (SSSR count). The summed E-state index contributed by atoms with van der Waals surface area (Å²) in [6.07, 6.45) is 1.03. The fraction of sp³-hybridized carbons (Fsp3) is 0.444. The quantitative estimate of drug-likeness (QED) is 0.638. The van der Waals surface area contributed by atoms with E-state index in [1.807, 2.05) is 38.1 Å². The second kappa shape index (κ2) is 10.3. The van der Waals surface area contributed by atoms with Gasteiger partial charge in [-0.05, 0) is 47.4 Å². The van der Waals surface area contributed by atoms with Gasteiger partial charge in [-0.25, -0.2) is 4.79 Å². The highest BCUT2D eigenvalue weighted by molar-refractivity contribution is 5.86. The lowest BCUT2D eigenvalue weighted by atomic mass is 9.96. The average molecular weight is 465 g/mol. The molecule has 2 atom stereocenters. The number of likely N-dealkylation sites (tertiary alicyclic amines) is 1. The molecule has 2 aromatic carbocycles. The lowest BCUT2D eigenvalue weighted by Crippen LogP contribution is -2.52. The smallest absolute Gasteiger partial charge is 0.407 e. The summed E-state index contributed by atoms with van der Waals surface area (Å²) < 4.78 is 5.63. The lowest BCUT2D eigenvalue weighted by molar-refractivity contribution is -0.146. The van der Waals surface area contributed by atoms with Gasteiger partial charge in [0.1, 0.15) is 12.6 Å². The van der Waals surface area contributed by atoms with Gasteiger partial charge in [0.05, 0.1) is 5.92 Å². The molecule has 0 bridgehead atoms. The Balaban J connectivity index is 1.42. The summed E-state index contributed by atoms with van der Waals surface area (Å²) in [6.45, 7) is 4.82. The monoisotopic (exact) mass is 464 g/mol. The van der Waals surface area contributed by atoms with E-state index in [1.54, 1.807) is 4.90 Å². The third kappa shape index (κ3) is 5.08. The van der Waals surface area contributed by atoms with E-state index < -0.39 is 24.0 Å². The molecule has 2 aromatic rings. The van der Waals surface area contributed by atoms with Crippen molar-refractivity contribution in [1.29, 1.82) is 0 Å². The number of rotatable bonds is 7. The molecule has 1 aliphatic heterocycles. The van der Waals surface area contributed by atoms with Gasteiger partial charge in [0, 0.05) is 19.0 Å². The predicted molar refractivity (Wildman–Crippen MR) is 128 cm³/mol. The number of nitrogens with one attached hydrogen (secondary N) is 1. The molecule has 0 aromatic heterocycles. The van der Waals surface area contributed by atoms with Gasteiger partial charge in [0.25, 0.3) is 0 Å². The number of fused-ring (bicyclic) bond motifs is 3. The van der Waals surface area contributed by atoms with Gasteiger partial charge in [-0.15, -0.1) is 0 Å². The number of carboxylic acids is 1. The first-order valence-electron chi connectivity index (χ1n) is 12.0. The molecule has 1 heterocycles. The summed E-state index contributed by atoms with van der Waals surface area (Å²) in [6, 6.07) is 15.5. The molecule has 0 saturated carbocycles. The molecule has 1 saturated heterocycles. The zero-order valence-electron chi connectivity index (χ0n) is 19.7. The first-order chi connectivity index (χ1) is 16.3. The number of hydrogen-bond donors (Lipinski definition) is 2. The summed E-state index contributed by atoms with van der Waals surface area (Å²) in [4.78, 5) is 38.9. The van der Waals surface area contributed by atoms with E-state index in [9.17, 15) is 19.5 Å². The number of carbonyl (C=O) groups is 3. The average Bonchev–Trinajstić information content (AvgIpc) is 3.15. The van der Waals surface area contributed by atoms with E-state index in [0.717, 1.165) is 22.3 Å². The molecule has 2 amide bonds. The first kappa shape index (κ1) is 23.8. The number of carboxylic acid groups (broad SMARTS) is 1. The molecule has 34 heavy (non-hydrogen) atoms. The summed E-state index contributed by atoms with van der Waals surface area (Å²) >= 11 is 0. The van der Waals surface area contributed by atoms with Crippen LogP contribution in [0.2, 0.25) is 0 Å². The molecule has 1 aliphatic carbocycles. The van der Waals surface area contributed by atoms with Crippen LogP contribution < -0.4 is 5.32 Å². The first-order valence-corrected chi connectivity index (χ1v) is 12.0. The number of aliphatic carboxylic acids is 1. The van der Waals surface area contributed by atoms with E-state index in [-0.39, 0.29) is 30.9 Å². The van der Waals surface area contributed by atoms with Crippen molar-refractivity contribution < 1.29 is 24.2 Å². The van der Waals surface area contributed by atoms with Crippen LogP contribution in [0.1, 0.15) is 50.2 Å². The van der Waals surface area contributed by atoms with E-state index >= 15 is 0 Å². The minimum atomic E-state index is -0.887. The van der Waals surface area contributed by atoms with Gasteiger partial charge in [0.15, 0.2) is 0 Å². The van der Waals surface area contributed by atoms with Crippen LogP contribution in [0.3, 0.4) is 0 Å². The van der Waals surface area contributed by atoms with Gasteiger partial charge in [-0.3, -0.25) is 9.59 Å². The van der Waals surface area contributed by atoms with E-state index in [1.165, 1.54) is 0 Å². The second-order valence-electron chi connectivity index (χ2n) is 9.61. The SMILES string of the molecule is CC(C)CC(NC(=O)OCC1c2ccccc2-c2ccccc21)C(=O)N1CCCC(C(=O)O)C1. The van der Waals surface area contributed by atoms with Crippen LogP contribution in [0.25, 0.3) is 11.1 Å². The van der Waals surface area contributed by atoms with Crippen molar-refractivity contribution in [2.45, 2.75) is 45.1 Å². The van der Waals surface area contributed by atoms with Crippen molar-refractivity contribution in [3.63, 3.8) is 0 Å². The topological polar surface area (TPSA) is 95.9 Å². The Bertz CT molecular complexity index is 1020. The Labute approximate surface area is 200 Å². The Morgan fingerprint density at radius 2 is 1.68 bits per heavy atom. The molecule has 7 nitrogen and oxygen atoms in total. The van der Waals surface area contributed by atoms with Crippen LogP contribution in [0.4, 0.5) is 4.79 Å². The van der Waals surface area contributed by atoms with Crippen LogP contribution in [-0.4, -0.2) is 53.7 Å². The van der Waals surface area contributed by atoms with Crippen molar-refractivity contribution in [2.75, 3.05) is 19.7 Å². The maximum atomic E-state index is 13.2. The fourth-order valence-corrected chi connectivity index (χ4v) is 5.07. The maximum absolute atomic E-state index is 13.2. The van der Waals surface area contributed by atoms with Gasteiger partial charge in [-0.2, -0.15) is 0 Å². The minimum absolute atomic E-state index is 0.0594. The van der Waals surface area contributed by atoms with Crippen molar-refractivity contribution in [2.24, 2.45) is 11.8 Å². The molecule has 2 N–H and O–H groups in total. The predicted octanol–water partition coefficient (Wildman–Crippen LogP) is 4.26.